The Kier molecular flexibility index (Phi) is 4.03. The Balaban J connectivity index is 1.53. The number of carbonyl (C=O) groups is 1. The fourth-order valence-electron chi connectivity index (χ4n) is 2.39. The Morgan fingerprint density at radius 2 is 1.81 bits per heavy atom. The van der Waals surface area contributed by atoms with E-state index in [4.69, 9.17) is 8.94 Å². The van der Waals surface area contributed by atoms with E-state index in [2.05, 4.69) is 15.5 Å². The third kappa shape index (κ3) is 3.10. The number of amides is 1. The summed E-state index contributed by atoms with van der Waals surface area (Å²) in [7, 11) is 0. The lowest BCUT2D eigenvalue weighted by atomic mass is 10.2. The topological polar surface area (TPSA) is 81.2 Å². The molecule has 7 heteroatoms. The lowest BCUT2D eigenvalue weighted by Gasteiger charge is -2.03. The molecule has 2 aromatic heterocycles. The van der Waals surface area contributed by atoms with Crippen LogP contribution in [-0.2, 0) is 0 Å². The number of hydrogen-bond acceptors (Lipinski definition) is 5. The minimum atomic E-state index is -0.432. The Hall–Kier alpha value is -3.74. The highest BCUT2D eigenvalue weighted by atomic mass is 19.1. The van der Waals surface area contributed by atoms with Crippen LogP contribution >= 0.6 is 0 Å². The Labute approximate surface area is 147 Å². The quantitative estimate of drug-likeness (QED) is 0.591. The lowest BCUT2D eigenvalue weighted by Crippen LogP contribution is -2.10. The van der Waals surface area contributed by atoms with Crippen molar-refractivity contribution in [1.29, 1.82) is 0 Å². The molecule has 0 atom stereocenters. The summed E-state index contributed by atoms with van der Waals surface area (Å²) in [5.74, 6) is -0.120. The van der Waals surface area contributed by atoms with Crippen LogP contribution in [-0.4, -0.2) is 16.0 Å². The predicted octanol–water partition coefficient (Wildman–Crippen LogP) is 4.39. The molecule has 0 aliphatic rings. The third-order valence-corrected chi connectivity index (χ3v) is 3.68. The number of nitrogens with one attached hydrogen (secondary N) is 1. The largest absolute Gasteiger partial charge is 0.459 e. The summed E-state index contributed by atoms with van der Waals surface area (Å²) in [5.41, 5.74) is 1.51. The van der Waals surface area contributed by atoms with Crippen molar-refractivity contribution in [2.45, 2.75) is 0 Å². The molecule has 128 valence electrons. The molecule has 0 fully saturated rings. The second-order valence-corrected chi connectivity index (χ2v) is 5.41. The van der Waals surface area contributed by atoms with Crippen molar-refractivity contribution >= 4 is 11.6 Å². The van der Waals surface area contributed by atoms with Gasteiger partial charge in [-0.25, -0.2) is 4.39 Å². The summed E-state index contributed by atoms with van der Waals surface area (Å²) in [6, 6.07) is 16.3. The molecule has 0 spiro atoms. The molecule has 1 N–H and O–H groups in total. The summed E-state index contributed by atoms with van der Waals surface area (Å²) in [6.45, 7) is 0. The summed E-state index contributed by atoms with van der Waals surface area (Å²) >= 11 is 0. The molecule has 1 amide bonds. The summed E-state index contributed by atoms with van der Waals surface area (Å²) in [6.07, 6.45) is 1.43. The van der Waals surface area contributed by atoms with E-state index in [0.29, 0.717) is 17.1 Å². The summed E-state index contributed by atoms with van der Waals surface area (Å²) in [5, 5.41) is 6.60. The van der Waals surface area contributed by atoms with E-state index in [9.17, 15) is 9.18 Å². The van der Waals surface area contributed by atoms with Gasteiger partial charge in [0, 0.05) is 11.3 Å². The molecule has 0 bridgehead atoms. The van der Waals surface area contributed by atoms with Gasteiger partial charge in [-0.15, -0.1) is 0 Å². The first-order chi connectivity index (χ1) is 12.7. The van der Waals surface area contributed by atoms with Gasteiger partial charge in [-0.1, -0.05) is 17.3 Å². The third-order valence-electron chi connectivity index (χ3n) is 3.68. The zero-order valence-corrected chi connectivity index (χ0v) is 13.3. The van der Waals surface area contributed by atoms with Gasteiger partial charge >= 0.3 is 0 Å². The first kappa shape index (κ1) is 15.8. The van der Waals surface area contributed by atoms with Crippen LogP contribution in [0.3, 0.4) is 0 Å². The average Bonchev–Trinajstić information content (AvgIpc) is 3.35. The van der Waals surface area contributed by atoms with Gasteiger partial charge in [0.2, 0.25) is 5.82 Å². The minimum absolute atomic E-state index is 0.105. The molecule has 0 saturated heterocycles. The van der Waals surface area contributed by atoms with Gasteiger partial charge in [-0.3, -0.25) is 4.79 Å². The molecule has 0 aliphatic carbocycles. The molecule has 26 heavy (non-hydrogen) atoms. The van der Waals surface area contributed by atoms with Crippen molar-refractivity contribution in [1.82, 2.24) is 10.1 Å². The summed E-state index contributed by atoms with van der Waals surface area (Å²) in [4.78, 5) is 16.2. The molecule has 6 nitrogen and oxygen atoms in total. The minimum Gasteiger partial charge on any atom is -0.459 e. The Bertz CT molecular complexity index is 1040. The maximum absolute atomic E-state index is 13.8. The molecule has 0 aliphatic heterocycles. The molecule has 4 aromatic rings. The Morgan fingerprint density at radius 1 is 1.00 bits per heavy atom. The van der Waals surface area contributed by atoms with E-state index in [-0.39, 0.29) is 23.1 Å². The van der Waals surface area contributed by atoms with Gasteiger partial charge in [0.15, 0.2) is 5.76 Å². The van der Waals surface area contributed by atoms with Gasteiger partial charge in [0.05, 0.1) is 11.8 Å². The van der Waals surface area contributed by atoms with Crippen molar-refractivity contribution in [2.75, 3.05) is 5.32 Å². The number of aromatic nitrogens is 2. The highest BCUT2D eigenvalue weighted by Gasteiger charge is 2.14. The fourth-order valence-corrected chi connectivity index (χ4v) is 2.39. The van der Waals surface area contributed by atoms with E-state index in [0.717, 1.165) is 0 Å². The van der Waals surface area contributed by atoms with Crippen LogP contribution in [0, 0.1) is 5.82 Å². The van der Waals surface area contributed by atoms with Gasteiger partial charge in [-0.2, -0.15) is 4.98 Å². The first-order valence-electron chi connectivity index (χ1n) is 7.74. The average molecular weight is 349 g/mol. The first-order valence-corrected chi connectivity index (χ1v) is 7.74. The molecule has 2 aromatic carbocycles. The molecule has 2 heterocycles. The molecule has 0 saturated carbocycles. The fraction of sp³-hybridized carbons (Fsp3) is 0. The molecular formula is C19H12FN3O3. The van der Waals surface area contributed by atoms with Crippen molar-refractivity contribution in [2.24, 2.45) is 0 Å². The van der Waals surface area contributed by atoms with E-state index in [1.54, 1.807) is 54.6 Å². The maximum Gasteiger partial charge on any atom is 0.291 e. The van der Waals surface area contributed by atoms with Gasteiger partial charge in [-0.05, 0) is 48.5 Å². The zero-order chi connectivity index (χ0) is 17.9. The van der Waals surface area contributed by atoms with Crippen molar-refractivity contribution in [3.05, 3.63) is 78.5 Å². The van der Waals surface area contributed by atoms with Crippen molar-refractivity contribution < 1.29 is 18.1 Å². The second kappa shape index (κ2) is 6.64. The highest BCUT2D eigenvalue weighted by Crippen LogP contribution is 2.25. The standard InChI is InChI=1S/C19H12FN3O3/c20-15-5-2-1-4-14(15)19-22-17(23-26-19)12-7-9-13(10-8-12)21-18(24)16-6-3-11-25-16/h1-11H,(H,21,24). The number of benzene rings is 2. The van der Waals surface area contributed by atoms with E-state index < -0.39 is 5.82 Å². The smallest absolute Gasteiger partial charge is 0.291 e. The predicted molar refractivity (Wildman–Crippen MR) is 91.8 cm³/mol. The number of carbonyl (C=O) groups excluding carboxylic acids is 1. The molecule has 0 unspecified atom stereocenters. The van der Waals surface area contributed by atoms with Crippen LogP contribution in [0.1, 0.15) is 10.6 Å². The van der Waals surface area contributed by atoms with Crippen molar-refractivity contribution in [3.8, 4) is 22.8 Å². The maximum atomic E-state index is 13.8. The molecule has 0 radical (unpaired) electrons. The van der Waals surface area contributed by atoms with Crippen LogP contribution in [0.25, 0.3) is 22.8 Å². The number of hydrogen-bond donors (Lipinski definition) is 1. The normalized spacial score (nSPS) is 10.7. The van der Waals surface area contributed by atoms with E-state index >= 15 is 0 Å². The second-order valence-electron chi connectivity index (χ2n) is 5.41. The lowest BCUT2D eigenvalue weighted by molar-refractivity contribution is 0.0996. The van der Waals surface area contributed by atoms with E-state index in [1.807, 2.05) is 0 Å². The van der Waals surface area contributed by atoms with Gasteiger partial charge < -0.3 is 14.3 Å². The zero-order valence-electron chi connectivity index (χ0n) is 13.3. The number of rotatable bonds is 4. The number of furan rings is 1. The Morgan fingerprint density at radius 3 is 2.54 bits per heavy atom. The SMILES string of the molecule is O=C(Nc1ccc(-c2noc(-c3ccccc3F)n2)cc1)c1ccco1. The van der Waals surface area contributed by atoms with Crippen LogP contribution < -0.4 is 5.32 Å². The van der Waals surface area contributed by atoms with Crippen molar-refractivity contribution in [3.63, 3.8) is 0 Å². The van der Waals surface area contributed by atoms with Gasteiger partial charge in [0.1, 0.15) is 5.82 Å². The van der Waals surface area contributed by atoms with E-state index in [1.165, 1.54) is 12.3 Å². The molecular weight excluding hydrogens is 337 g/mol. The number of anilines is 1. The highest BCUT2D eigenvalue weighted by molar-refractivity contribution is 6.02. The van der Waals surface area contributed by atoms with Gasteiger partial charge in [0.25, 0.3) is 11.8 Å². The number of halogens is 1. The number of nitrogens with zero attached hydrogens (tertiary/aromatic N) is 2. The molecule has 4 rings (SSSR count). The van der Waals surface area contributed by atoms with Crippen LogP contribution in [0.2, 0.25) is 0 Å². The van der Waals surface area contributed by atoms with Crippen LogP contribution in [0.5, 0.6) is 0 Å². The monoisotopic (exact) mass is 349 g/mol. The summed E-state index contributed by atoms with van der Waals surface area (Å²) < 4.78 is 24.0. The van der Waals surface area contributed by atoms with Crippen LogP contribution in [0.15, 0.2) is 75.9 Å². The van der Waals surface area contributed by atoms with Crippen LogP contribution in [0.4, 0.5) is 10.1 Å².